The minimum atomic E-state index is -0.409. The number of hydrogen-bond acceptors (Lipinski definition) is 4. The fourth-order valence-electron chi connectivity index (χ4n) is 2.50. The third-order valence-corrected chi connectivity index (χ3v) is 3.67. The third kappa shape index (κ3) is 6.27. The molecule has 6 heteroatoms. The highest BCUT2D eigenvalue weighted by molar-refractivity contribution is 5.91. The van der Waals surface area contributed by atoms with E-state index in [1.807, 2.05) is 59.5 Å². The highest BCUT2D eigenvalue weighted by atomic mass is 16.2. The van der Waals surface area contributed by atoms with Crippen molar-refractivity contribution in [2.24, 2.45) is 11.5 Å². The summed E-state index contributed by atoms with van der Waals surface area (Å²) in [5.74, 6) is -0.486. The Morgan fingerprint density at radius 2 is 1.80 bits per heavy atom. The minimum absolute atomic E-state index is 0.0767. The molecule has 132 valence electrons. The van der Waals surface area contributed by atoms with E-state index in [1.54, 1.807) is 0 Å². The summed E-state index contributed by atoms with van der Waals surface area (Å²) < 4.78 is 0. The first-order valence-electron chi connectivity index (χ1n) is 8.25. The molecule has 0 fully saturated rings. The Morgan fingerprint density at radius 3 is 2.48 bits per heavy atom. The molecule has 0 bridgehead atoms. The fraction of sp³-hybridized carbons (Fsp3) is 0.263. The van der Waals surface area contributed by atoms with Crippen LogP contribution in [0.3, 0.4) is 0 Å². The Hall–Kier alpha value is -2.86. The van der Waals surface area contributed by atoms with Crippen molar-refractivity contribution in [1.82, 2.24) is 0 Å². The average molecular weight is 340 g/mol. The zero-order valence-electron chi connectivity index (χ0n) is 14.2. The van der Waals surface area contributed by atoms with Gasteiger partial charge in [0.2, 0.25) is 11.8 Å². The third-order valence-electron chi connectivity index (χ3n) is 3.67. The maximum absolute atomic E-state index is 11.9. The molecule has 5 N–H and O–H groups in total. The molecule has 0 aromatic heterocycles. The molecule has 2 rings (SSSR count). The summed E-state index contributed by atoms with van der Waals surface area (Å²) in [6.07, 6.45) is 1.03. The highest BCUT2D eigenvalue weighted by Gasteiger charge is 2.11. The van der Waals surface area contributed by atoms with Crippen LogP contribution in [0.1, 0.15) is 18.4 Å². The van der Waals surface area contributed by atoms with Crippen molar-refractivity contribution in [2.45, 2.75) is 19.4 Å². The number of anilines is 2. The second kappa shape index (κ2) is 9.44. The topological polar surface area (TPSA) is 101 Å². The smallest absolute Gasteiger partial charge is 0.236 e. The number of rotatable bonds is 9. The standard InChI is InChI=1S/C19H24N4O2/c20-11-5-10-19(25)22-16-8-4-9-17(12-16)23(14-18(21)24)13-15-6-2-1-3-7-15/h1-4,6-9,12H,5,10-11,13-14,20H2,(H2,21,24)(H,22,25). The molecular weight excluding hydrogens is 316 g/mol. The van der Waals surface area contributed by atoms with E-state index < -0.39 is 5.91 Å². The van der Waals surface area contributed by atoms with Crippen molar-refractivity contribution in [3.63, 3.8) is 0 Å². The zero-order valence-corrected chi connectivity index (χ0v) is 14.2. The van der Waals surface area contributed by atoms with Crippen LogP contribution in [0.15, 0.2) is 54.6 Å². The molecule has 0 spiro atoms. The quantitative estimate of drug-likeness (QED) is 0.648. The molecular formula is C19H24N4O2. The lowest BCUT2D eigenvalue weighted by Gasteiger charge is -2.24. The maximum Gasteiger partial charge on any atom is 0.236 e. The van der Waals surface area contributed by atoms with E-state index >= 15 is 0 Å². The van der Waals surface area contributed by atoms with Crippen molar-refractivity contribution < 1.29 is 9.59 Å². The van der Waals surface area contributed by atoms with Crippen LogP contribution in [0.4, 0.5) is 11.4 Å². The van der Waals surface area contributed by atoms with E-state index in [0.717, 1.165) is 11.3 Å². The summed E-state index contributed by atoms with van der Waals surface area (Å²) >= 11 is 0. The number of nitrogens with zero attached hydrogens (tertiary/aromatic N) is 1. The number of carbonyl (C=O) groups excluding carboxylic acids is 2. The summed E-state index contributed by atoms with van der Waals surface area (Å²) in [4.78, 5) is 25.2. The van der Waals surface area contributed by atoms with Gasteiger partial charge in [-0.2, -0.15) is 0 Å². The lowest BCUT2D eigenvalue weighted by Crippen LogP contribution is -2.33. The normalized spacial score (nSPS) is 10.3. The van der Waals surface area contributed by atoms with Gasteiger partial charge in [-0.05, 0) is 36.7 Å². The zero-order chi connectivity index (χ0) is 18.1. The van der Waals surface area contributed by atoms with Crippen LogP contribution in [0.2, 0.25) is 0 Å². The minimum Gasteiger partial charge on any atom is -0.368 e. The van der Waals surface area contributed by atoms with Gasteiger partial charge in [0.25, 0.3) is 0 Å². The first-order valence-corrected chi connectivity index (χ1v) is 8.25. The van der Waals surface area contributed by atoms with Gasteiger partial charge in [-0.15, -0.1) is 0 Å². The molecule has 0 saturated heterocycles. The van der Waals surface area contributed by atoms with Gasteiger partial charge in [0.1, 0.15) is 0 Å². The van der Waals surface area contributed by atoms with Crippen LogP contribution in [0.5, 0.6) is 0 Å². The molecule has 2 aromatic rings. The largest absolute Gasteiger partial charge is 0.368 e. The number of amides is 2. The van der Waals surface area contributed by atoms with Crippen LogP contribution in [-0.4, -0.2) is 24.9 Å². The summed E-state index contributed by atoms with van der Waals surface area (Å²) in [7, 11) is 0. The molecule has 0 saturated carbocycles. The second-order valence-electron chi connectivity index (χ2n) is 5.80. The summed E-state index contributed by atoms with van der Waals surface area (Å²) in [5, 5.41) is 2.85. The van der Waals surface area contributed by atoms with Crippen molar-refractivity contribution in [1.29, 1.82) is 0 Å². The van der Waals surface area contributed by atoms with Gasteiger partial charge in [0.05, 0.1) is 6.54 Å². The first-order chi connectivity index (χ1) is 12.1. The van der Waals surface area contributed by atoms with Crippen LogP contribution < -0.4 is 21.7 Å². The molecule has 0 unspecified atom stereocenters. The van der Waals surface area contributed by atoms with Crippen LogP contribution in [0, 0.1) is 0 Å². The van der Waals surface area contributed by atoms with E-state index in [-0.39, 0.29) is 12.5 Å². The Morgan fingerprint density at radius 1 is 1.04 bits per heavy atom. The van der Waals surface area contributed by atoms with E-state index in [2.05, 4.69) is 5.32 Å². The van der Waals surface area contributed by atoms with Gasteiger partial charge in [-0.1, -0.05) is 36.4 Å². The Labute approximate surface area is 147 Å². The summed E-state index contributed by atoms with van der Waals surface area (Å²) in [6.45, 7) is 1.13. The summed E-state index contributed by atoms with van der Waals surface area (Å²) in [6, 6.07) is 17.2. The van der Waals surface area contributed by atoms with E-state index in [0.29, 0.717) is 31.6 Å². The molecule has 0 aliphatic heterocycles. The summed E-state index contributed by atoms with van der Waals surface area (Å²) in [5.41, 5.74) is 13.4. The number of nitrogens with two attached hydrogens (primary N) is 2. The van der Waals surface area contributed by atoms with Gasteiger partial charge >= 0.3 is 0 Å². The first kappa shape index (κ1) is 18.5. The van der Waals surface area contributed by atoms with Crippen molar-refractivity contribution in [3.8, 4) is 0 Å². The molecule has 2 amide bonds. The van der Waals surface area contributed by atoms with Crippen LogP contribution in [0.25, 0.3) is 0 Å². The van der Waals surface area contributed by atoms with Crippen molar-refractivity contribution in [2.75, 3.05) is 23.3 Å². The predicted molar refractivity (Wildman–Crippen MR) is 100 cm³/mol. The molecule has 0 atom stereocenters. The molecule has 25 heavy (non-hydrogen) atoms. The molecule has 2 aromatic carbocycles. The second-order valence-corrected chi connectivity index (χ2v) is 5.80. The van der Waals surface area contributed by atoms with Crippen molar-refractivity contribution in [3.05, 3.63) is 60.2 Å². The van der Waals surface area contributed by atoms with E-state index in [4.69, 9.17) is 11.5 Å². The number of benzene rings is 2. The van der Waals surface area contributed by atoms with Crippen LogP contribution >= 0.6 is 0 Å². The lowest BCUT2D eigenvalue weighted by atomic mass is 10.2. The predicted octanol–water partition coefficient (Wildman–Crippen LogP) is 1.86. The van der Waals surface area contributed by atoms with E-state index in [1.165, 1.54) is 0 Å². The maximum atomic E-state index is 11.9. The van der Waals surface area contributed by atoms with Gasteiger partial charge < -0.3 is 21.7 Å². The Kier molecular flexibility index (Phi) is 6.98. The molecule has 6 nitrogen and oxygen atoms in total. The van der Waals surface area contributed by atoms with Gasteiger partial charge in [0, 0.05) is 24.3 Å². The van der Waals surface area contributed by atoms with E-state index in [9.17, 15) is 9.59 Å². The number of nitrogens with one attached hydrogen (secondary N) is 1. The van der Waals surface area contributed by atoms with Crippen LogP contribution in [-0.2, 0) is 16.1 Å². The van der Waals surface area contributed by atoms with Gasteiger partial charge in [0.15, 0.2) is 0 Å². The number of carbonyl (C=O) groups is 2. The molecule has 0 aliphatic carbocycles. The average Bonchev–Trinajstić information content (AvgIpc) is 2.60. The fourth-order valence-corrected chi connectivity index (χ4v) is 2.50. The Balaban J connectivity index is 2.15. The monoisotopic (exact) mass is 340 g/mol. The number of hydrogen-bond donors (Lipinski definition) is 3. The van der Waals surface area contributed by atoms with Crippen molar-refractivity contribution >= 4 is 23.2 Å². The number of primary amides is 1. The molecule has 0 aliphatic rings. The lowest BCUT2D eigenvalue weighted by molar-refractivity contribution is -0.117. The Bertz CT molecular complexity index is 704. The molecule has 0 radical (unpaired) electrons. The van der Waals surface area contributed by atoms with Gasteiger partial charge in [-0.3, -0.25) is 9.59 Å². The van der Waals surface area contributed by atoms with Gasteiger partial charge in [-0.25, -0.2) is 0 Å². The SMILES string of the molecule is NCCCC(=O)Nc1cccc(N(CC(N)=O)Cc2ccccc2)c1. The molecule has 0 heterocycles. The highest BCUT2D eigenvalue weighted by Crippen LogP contribution is 2.21.